The Labute approximate surface area is 84.2 Å². The Kier molecular flexibility index (Phi) is 3.63. The molecule has 0 aliphatic rings. The smallest absolute Gasteiger partial charge is 0.0513 e. The minimum Gasteiger partial charge on any atom is -0.326 e. The molecule has 0 saturated carbocycles. The van der Waals surface area contributed by atoms with Crippen LogP contribution in [0, 0.1) is 6.92 Å². The second-order valence-corrected chi connectivity index (χ2v) is 3.93. The van der Waals surface area contributed by atoms with Crippen molar-refractivity contribution in [2.45, 2.75) is 13.5 Å². The first kappa shape index (κ1) is 10.4. The van der Waals surface area contributed by atoms with E-state index in [9.17, 15) is 0 Å². The van der Waals surface area contributed by atoms with E-state index in [4.69, 9.17) is 5.73 Å². The van der Waals surface area contributed by atoms with Crippen LogP contribution in [-0.2, 0) is 6.54 Å². The Morgan fingerprint density at radius 2 is 2.15 bits per heavy atom. The number of nitrogens with two attached hydrogens (primary N) is 1. The topological polar surface area (TPSA) is 29.3 Å². The molecule has 1 rings (SSSR count). The maximum absolute atomic E-state index is 5.66. The van der Waals surface area contributed by atoms with Crippen LogP contribution in [0.4, 0.5) is 5.69 Å². The van der Waals surface area contributed by atoms with Gasteiger partial charge in [-0.25, -0.2) is 0 Å². The first-order chi connectivity index (χ1) is 6.19. The molecule has 13 heavy (non-hydrogen) atoms. The number of anilines is 1. The van der Waals surface area contributed by atoms with Crippen molar-refractivity contribution >= 4 is 17.6 Å². The van der Waals surface area contributed by atoms with Crippen LogP contribution in [0.1, 0.15) is 11.1 Å². The van der Waals surface area contributed by atoms with Gasteiger partial charge in [0.25, 0.3) is 0 Å². The Morgan fingerprint density at radius 3 is 2.69 bits per heavy atom. The van der Waals surface area contributed by atoms with Crippen molar-refractivity contribution in [1.29, 1.82) is 0 Å². The average molecular weight is 196 g/mol. The van der Waals surface area contributed by atoms with E-state index in [0.717, 1.165) is 0 Å². The Bertz CT molecular complexity index is 286. The first-order valence-corrected chi connectivity index (χ1v) is 5.44. The molecule has 1 aromatic carbocycles. The fraction of sp³-hybridized carbons (Fsp3) is 0.400. The van der Waals surface area contributed by atoms with Crippen molar-refractivity contribution in [2.75, 3.05) is 17.6 Å². The fourth-order valence-corrected chi connectivity index (χ4v) is 1.60. The summed E-state index contributed by atoms with van der Waals surface area (Å²) in [6.07, 6.45) is 2.06. The van der Waals surface area contributed by atoms with E-state index < -0.39 is 0 Å². The van der Waals surface area contributed by atoms with E-state index in [1.54, 1.807) is 11.9 Å². The third-order valence-corrected chi connectivity index (χ3v) is 2.82. The number of benzene rings is 1. The molecular weight excluding hydrogens is 180 g/mol. The van der Waals surface area contributed by atoms with E-state index in [2.05, 4.69) is 42.7 Å². The molecule has 0 spiro atoms. The first-order valence-electron chi connectivity index (χ1n) is 4.26. The van der Waals surface area contributed by atoms with Gasteiger partial charge < -0.3 is 10.0 Å². The molecule has 0 unspecified atom stereocenters. The van der Waals surface area contributed by atoms with E-state index in [0.29, 0.717) is 6.54 Å². The predicted molar refractivity (Wildman–Crippen MR) is 61.0 cm³/mol. The predicted octanol–water partition coefficient (Wildman–Crippen LogP) is 2.17. The summed E-state index contributed by atoms with van der Waals surface area (Å²) < 4.78 is 2.13. The molecule has 0 fully saturated rings. The summed E-state index contributed by atoms with van der Waals surface area (Å²) in [5.41, 5.74) is 9.34. The van der Waals surface area contributed by atoms with Crippen LogP contribution in [0.2, 0.25) is 0 Å². The van der Waals surface area contributed by atoms with Gasteiger partial charge in [-0.15, -0.1) is 0 Å². The quantitative estimate of drug-likeness (QED) is 0.751. The lowest BCUT2D eigenvalue weighted by Crippen LogP contribution is -2.10. The second kappa shape index (κ2) is 4.53. The SMILES string of the molecule is CSN(C)c1cc(C)ccc1CN. The molecule has 1 aromatic rings. The Morgan fingerprint density at radius 1 is 1.46 bits per heavy atom. The fourth-order valence-electron chi connectivity index (χ4n) is 1.24. The van der Waals surface area contributed by atoms with Crippen molar-refractivity contribution in [3.63, 3.8) is 0 Å². The minimum absolute atomic E-state index is 0.598. The molecule has 0 amide bonds. The normalized spacial score (nSPS) is 10.2. The van der Waals surface area contributed by atoms with Gasteiger partial charge >= 0.3 is 0 Å². The standard InChI is InChI=1S/C10H16N2S/c1-8-4-5-9(7-11)10(6-8)12(2)13-3/h4-6H,7,11H2,1-3H3. The molecule has 72 valence electrons. The van der Waals surface area contributed by atoms with Gasteiger partial charge in [0.05, 0.1) is 5.69 Å². The van der Waals surface area contributed by atoms with Gasteiger partial charge in [0.1, 0.15) is 0 Å². The van der Waals surface area contributed by atoms with Gasteiger partial charge in [-0.05, 0) is 24.1 Å². The zero-order chi connectivity index (χ0) is 9.84. The summed E-state index contributed by atoms with van der Waals surface area (Å²) >= 11 is 1.69. The highest BCUT2D eigenvalue weighted by atomic mass is 32.2. The van der Waals surface area contributed by atoms with Crippen molar-refractivity contribution in [3.05, 3.63) is 29.3 Å². The molecule has 2 N–H and O–H groups in total. The van der Waals surface area contributed by atoms with Gasteiger partial charge in [-0.1, -0.05) is 24.1 Å². The molecule has 0 bridgehead atoms. The largest absolute Gasteiger partial charge is 0.326 e. The molecule has 0 atom stereocenters. The van der Waals surface area contributed by atoms with Crippen molar-refractivity contribution in [2.24, 2.45) is 5.73 Å². The molecule has 3 heteroatoms. The summed E-state index contributed by atoms with van der Waals surface area (Å²) in [6, 6.07) is 6.36. The van der Waals surface area contributed by atoms with Gasteiger partial charge in [0, 0.05) is 19.8 Å². The molecule has 0 heterocycles. The van der Waals surface area contributed by atoms with Crippen LogP contribution < -0.4 is 10.0 Å². The number of hydrogen-bond donors (Lipinski definition) is 1. The maximum Gasteiger partial charge on any atom is 0.0513 e. The zero-order valence-corrected chi connectivity index (χ0v) is 9.19. The summed E-state index contributed by atoms with van der Waals surface area (Å²) in [4.78, 5) is 0. The van der Waals surface area contributed by atoms with Crippen LogP contribution in [0.25, 0.3) is 0 Å². The molecule has 0 aliphatic heterocycles. The highest BCUT2D eigenvalue weighted by Gasteiger charge is 2.04. The van der Waals surface area contributed by atoms with E-state index in [1.165, 1.54) is 16.8 Å². The summed E-state index contributed by atoms with van der Waals surface area (Å²) in [6.45, 7) is 2.69. The Hall–Kier alpha value is -0.670. The number of rotatable bonds is 3. The third kappa shape index (κ3) is 2.39. The number of hydrogen-bond acceptors (Lipinski definition) is 3. The molecule has 0 aliphatic carbocycles. The van der Waals surface area contributed by atoms with Gasteiger partial charge in [-0.3, -0.25) is 0 Å². The monoisotopic (exact) mass is 196 g/mol. The van der Waals surface area contributed by atoms with E-state index in [1.807, 2.05) is 0 Å². The van der Waals surface area contributed by atoms with Gasteiger partial charge in [-0.2, -0.15) is 0 Å². The average Bonchev–Trinajstić information content (AvgIpc) is 2.16. The molecule has 0 saturated heterocycles. The van der Waals surface area contributed by atoms with Crippen molar-refractivity contribution in [3.8, 4) is 0 Å². The maximum atomic E-state index is 5.66. The zero-order valence-electron chi connectivity index (χ0n) is 8.37. The van der Waals surface area contributed by atoms with Crippen LogP contribution in [0.15, 0.2) is 18.2 Å². The number of nitrogens with zero attached hydrogens (tertiary/aromatic N) is 1. The highest BCUT2D eigenvalue weighted by molar-refractivity contribution is 7.99. The molecular formula is C10H16N2S. The summed E-state index contributed by atoms with van der Waals surface area (Å²) in [7, 11) is 2.05. The third-order valence-electron chi connectivity index (χ3n) is 2.07. The summed E-state index contributed by atoms with van der Waals surface area (Å²) in [5, 5.41) is 0. The van der Waals surface area contributed by atoms with E-state index in [-0.39, 0.29) is 0 Å². The minimum atomic E-state index is 0.598. The van der Waals surface area contributed by atoms with Crippen molar-refractivity contribution in [1.82, 2.24) is 0 Å². The molecule has 2 nitrogen and oxygen atoms in total. The molecule has 0 aromatic heterocycles. The lowest BCUT2D eigenvalue weighted by molar-refractivity contribution is 1.06. The van der Waals surface area contributed by atoms with Crippen LogP contribution in [0.3, 0.4) is 0 Å². The van der Waals surface area contributed by atoms with Crippen LogP contribution >= 0.6 is 11.9 Å². The number of aryl methyl sites for hydroxylation is 1. The highest BCUT2D eigenvalue weighted by Crippen LogP contribution is 2.24. The second-order valence-electron chi connectivity index (χ2n) is 3.02. The van der Waals surface area contributed by atoms with Gasteiger partial charge in [0.2, 0.25) is 0 Å². The molecule has 0 radical (unpaired) electrons. The summed E-state index contributed by atoms with van der Waals surface area (Å²) in [5.74, 6) is 0. The van der Waals surface area contributed by atoms with Crippen LogP contribution in [-0.4, -0.2) is 13.3 Å². The lowest BCUT2D eigenvalue weighted by Gasteiger charge is -2.19. The van der Waals surface area contributed by atoms with Gasteiger partial charge in [0.15, 0.2) is 0 Å². The van der Waals surface area contributed by atoms with Crippen LogP contribution in [0.5, 0.6) is 0 Å². The van der Waals surface area contributed by atoms with Crippen molar-refractivity contribution < 1.29 is 0 Å². The lowest BCUT2D eigenvalue weighted by atomic mass is 10.1. The Balaban J connectivity index is 3.07. The van der Waals surface area contributed by atoms with E-state index >= 15 is 0 Å².